The first-order valence-corrected chi connectivity index (χ1v) is 5.30. The zero-order valence-corrected chi connectivity index (χ0v) is 9.63. The van der Waals surface area contributed by atoms with Crippen molar-refractivity contribution in [1.29, 1.82) is 0 Å². The highest BCUT2D eigenvalue weighted by Gasteiger charge is 2.32. The molecule has 1 saturated heterocycles. The summed E-state index contributed by atoms with van der Waals surface area (Å²) in [5.41, 5.74) is 0.0532. The lowest BCUT2D eigenvalue weighted by Crippen LogP contribution is -2.35. The van der Waals surface area contributed by atoms with E-state index in [1.165, 1.54) is 6.42 Å². The average Bonchev–Trinajstić information content (AvgIpc) is 2.09. The molecule has 0 aromatic carbocycles. The lowest BCUT2D eigenvalue weighted by atomic mass is 9.88. The predicted octanol–water partition coefficient (Wildman–Crippen LogP) is 2.49. The van der Waals surface area contributed by atoms with Crippen molar-refractivity contribution < 1.29 is 4.74 Å². The molecule has 1 rings (SSSR count). The van der Waals surface area contributed by atoms with Gasteiger partial charge in [0.25, 0.3) is 0 Å². The zero-order valence-electron chi connectivity index (χ0n) is 9.63. The maximum Gasteiger partial charge on any atom is 0.0997 e. The van der Waals surface area contributed by atoms with Gasteiger partial charge in [0.15, 0.2) is 0 Å². The highest BCUT2D eigenvalue weighted by atomic mass is 16.5. The van der Waals surface area contributed by atoms with Gasteiger partial charge in [0.05, 0.1) is 12.3 Å². The SMILES string of the molecule is CCC1C(C)CC(C)(C)OCN1C. The molecule has 2 nitrogen and oxygen atoms in total. The number of hydrogen-bond acceptors (Lipinski definition) is 2. The minimum absolute atomic E-state index is 0.0532. The number of rotatable bonds is 1. The molecule has 0 N–H and O–H groups in total. The third-order valence-corrected chi connectivity index (χ3v) is 3.11. The summed E-state index contributed by atoms with van der Waals surface area (Å²) in [6, 6.07) is 0.682. The summed E-state index contributed by atoms with van der Waals surface area (Å²) in [5, 5.41) is 0. The van der Waals surface area contributed by atoms with E-state index in [1.54, 1.807) is 0 Å². The number of nitrogens with zero attached hydrogens (tertiary/aromatic N) is 1. The number of ether oxygens (including phenoxy) is 1. The van der Waals surface area contributed by atoms with E-state index >= 15 is 0 Å². The highest BCUT2D eigenvalue weighted by Crippen LogP contribution is 2.29. The van der Waals surface area contributed by atoms with E-state index in [9.17, 15) is 0 Å². The van der Waals surface area contributed by atoms with Gasteiger partial charge >= 0.3 is 0 Å². The smallest absolute Gasteiger partial charge is 0.0997 e. The summed E-state index contributed by atoms with van der Waals surface area (Å²) in [5.74, 6) is 0.729. The van der Waals surface area contributed by atoms with Crippen LogP contribution in [0.2, 0.25) is 0 Å². The van der Waals surface area contributed by atoms with Gasteiger partial charge in [-0.3, -0.25) is 4.90 Å². The summed E-state index contributed by atoms with van der Waals surface area (Å²) in [6.07, 6.45) is 2.38. The molecule has 0 bridgehead atoms. The molecule has 0 aliphatic carbocycles. The molecule has 1 aliphatic rings. The van der Waals surface area contributed by atoms with E-state index < -0.39 is 0 Å². The van der Waals surface area contributed by atoms with Crippen molar-refractivity contribution in [2.24, 2.45) is 5.92 Å². The molecule has 78 valence electrons. The third kappa shape index (κ3) is 2.68. The molecule has 1 fully saturated rings. The maximum atomic E-state index is 5.83. The van der Waals surface area contributed by atoms with Gasteiger partial charge in [-0.05, 0) is 39.7 Å². The van der Waals surface area contributed by atoms with Crippen LogP contribution in [0.5, 0.6) is 0 Å². The van der Waals surface area contributed by atoms with Gasteiger partial charge in [-0.15, -0.1) is 0 Å². The van der Waals surface area contributed by atoms with Gasteiger partial charge in [0.2, 0.25) is 0 Å². The van der Waals surface area contributed by atoms with Crippen LogP contribution in [0.15, 0.2) is 0 Å². The lowest BCUT2D eigenvalue weighted by molar-refractivity contribution is -0.0568. The molecule has 1 heterocycles. The first-order chi connectivity index (χ1) is 5.96. The van der Waals surface area contributed by atoms with Crippen LogP contribution in [0.1, 0.15) is 40.5 Å². The molecule has 2 unspecified atom stereocenters. The Balaban J connectivity index is 2.69. The summed E-state index contributed by atoms with van der Waals surface area (Å²) in [4.78, 5) is 2.33. The minimum Gasteiger partial charge on any atom is -0.360 e. The van der Waals surface area contributed by atoms with Gasteiger partial charge in [0.1, 0.15) is 0 Å². The van der Waals surface area contributed by atoms with Crippen molar-refractivity contribution >= 4 is 0 Å². The Bertz CT molecular complexity index is 167. The molecule has 0 spiro atoms. The Morgan fingerprint density at radius 3 is 2.62 bits per heavy atom. The molecule has 0 radical (unpaired) electrons. The van der Waals surface area contributed by atoms with E-state index in [0.29, 0.717) is 6.04 Å². The Kier molecular flexibility index (Phi) is 3.36. The summed E-state index contributed by atoms with van der Waals surface area (Å²) in [6.45, 7) is 9.75. The average molecular weight is 185 g/mol. The second-order valence-electron chi connectivity index (χ2n) is 4.95. The third-order valence-electron chi connectivity index (χ3n) is 3.11. The normalized spacial score (nSPS) is 35.8. The fraction of sp³-hybridized carbons (Fsp3) is 1.00. The van der Waals surface area contributed by atoms with Crippen LogP contribution < -0.4 is 0 Å². The van der Waals surface area contributed by atoms with E-state index in [0.717, 1.165) is 19.1 Å². The lowest BCUT2D eigenvalue weighted by Gasteiger charge is -2.28. The Morgan fingerprint density at radius 1 is 1.46 bits per heavy atom. The molecule has 1 aliphatic heterocycles. The maximum absolute atomic E-state index is 5.83. The summed E-state index contributed by atoms with van der Waals surface area (Å²) >= 11 is 0. The van der Waals surface area contributed by atoms with E-state index in [1.807, 2.05) is 0 Å². The van der Waals surface area contributed by atoms with E-state index in [4.69, 9.17) is 4.74 Å². The molecular weight excluding hydrogens is 162 g/mol. The van der Waals surface area contributed by atoms with Crippen molar-refractivity contribution in [3.8, 4) is 0 Å². The van der Waals surface area contributed by atoms with Gasteiger partial charge < -0.3 is 4.74 Å². The monoisotopic (exact) mass is 185 g/mol. The van der Waals surface area contributed by atoms with Crippen LogP contribution in [0.25, 0.3) is 0 Å². The van der Waals surface area contributed by atoms with Gasteiger partial charge in [-0.2, -0.15) is 0 Å². The molecule has 0 amide bonds. The number of hydrogen-bond donors (Lipinski definition) is 0. The zero-order chi connectivity index (χ0) is 10.1. The minimum atomic E-state index is 0.0532. The molecule has 0 aromatic heterocycles. The van der Waals surface area contributed by atoms with Crippen molar-refractivity contribution in [3.05, 3.63) is 0 Å². The summed E-state index contributed by atoms with van der Waals surface area (Å²) in [7, 11) is 2.16. The molecule has 0 aromatic rings. The molecular formula is C11H23NO. The van der Waals surface area contributed by atoms with Crippen LogP contribution in [-0.4, -0.2) is 30.3 Å². The van der Waals surface area contributed by atoms with Crippen molar-refractivity contribution in [2.45, 2.75) is 52.2 Å². The van der Waals surface area contributed by atoms with Crippen molar-refractivity contribution in [3.63, 3.8) is 0 Å². The van der Waals surface area contributed by atoms with Crippen LogP contribution in [-0.2, 0) is 4.74 Å². The van der Waals surface area contributed by atoms with Crippen LogP contribution >= 0.6 is 0 Å². The Hall–Kier alpha value is -0.0800. The summed E-state index contributed by atoms with van der Waals surface area (Å²) < 4.78 is 5.83. The van der Waals surface area contributed by atoms with Crippen LogP contribution in [0.3, 0.4) is 0 Å². The predicted molar refractivity (Wildman–Crippen MR) is 55.7 cm³/mol. The standard InChI is InChI=1S/C11H23NO/c1-6-10-9(2)7-11(3,4)13-8-12(10)5/h9-10H,6-8H2,1-5H3. The van der Waals surface area contributed by atoms with Gasteiger partial charge in [-0.25, -0.2) is 0 Å². The highest BCUT2D eigenvalue weighted by molar-refractivity contribution is 4.82. The quantitative estimate of drug-likeness (QED) is 0.622. The van der Waals surface area contributed by atoms with Gasteiger partial charge in [-0.1, -0.05) is 13.8 Å². The topological polar surface area (TPSA) is 12.5 Å². The van der Waals surface area contributed by atoms with E-state index in [2.05, 4.69) is 39.6 Å². The largest absolute Gasteiger partial charge is 0.360 e. The Labute approximate surface area is 82.3 Å². The van der Waals surface area contributed by atoms with Crippen LogP contribution in [0, 0.1) is 5.92 Å². The van der Waals surface area contributed by atoms with Crippen molar-refractivity contribution in [2.75, 3.05) is 13.8 Å². The van der Waals surface area contributed by atoms with Crippen molar-refractivity contribution in [1.82, 2.24) is 4.90 Å². The fourth-order valence-electron chi connectivity index (χ4n) is 2.49. The second-order valence-corrected chi connectivity index (χ2v) is 4.95. The Morgan fingerprint density at radius 2 is 2.08 bits per heavy atom. The second kappa shape index (κ2) is 3.97. The van der Waals surface area contributed by atoms with Crippen LogP contribution in [0.4, 0.5) is 0 Å². The first kappa shape index (κ1) is 11.0. The molecule has 13 heavy (non-hydrogen) atoms. The molecule has 2 atom stereocenters. The van der Waals surface area contributed by atoms with E-state index in [-0.39, 0.29) is 5.60 Å². The fourth-order valence-corrected chi connectivity index (χ4v) is 2.49. The van der Waals surface area contributed by atoms with Gasteiger partial charge in [0, 0.05) is 6.04 Å². The molecule has 2 heteroatoms. The first-order valence-electron chi connectivity index (χ1n) is 5.30. The molecule has 0 saturated carbocycles.